The van der Waals surface area contributed by atoms with Gasteiger partial charge in [0.15, 0.2) is 0 Å². The lowest BCUT2D eigenvalue weighted by atomic mass is 10.1. The molecule has 0 aliphatic heterocycles. The summed E-state index contributed by atoms with van der Waals surface area (Å²) in [7, 11) is 0. The van der Waals surface area contributed by atoms with Crippen LogP contribution in [0.1, 0.15) is 25.6 Å². The first-order valence-corrected chi connectivity index (χ1v) is 5.57. The number of hydrogen-bond donors (Lipinski definition) is 2. The van der Waals surface area contributed by atoms with Crippen LogP contribution in [-0.2, 0) is 6.54 Å². The van der Waals surface area contributed by atoms with Gasteiger partial charge in [0.1, 0.15) is 11.4 Å². The molecule has 0 saturated heterocycles. The number of aromatic nitrogens is 3. The molecule has 1 aromatic heterocycles. The Morgan fingerprint density at radius 3 is 2.76 bits per heavy atom. The number of phenolic OH excluding ortho intramolecular Hbond substituents is 1. The first-order chi connectivity index (χ1) is 8.13. The molecule has 2 rings (SSSR count). The van der Waals surface area contributed by atoms with Crippen LogP contribution in [0.5, 0.6) is 5.75 Å². The first kappa shape index (κ1) is 11.6. The maximum atomic E-state index is 9.52. The topological polar surface area (TPSA) is 77.0 Å². The van der Waals surface area contributed by atoms with Crippen LogP contribution in [0.25, 0.3) is 11.3 Å². The zero-order chi connectivity index (χ0) is 12.4. The maximum Gasteiger partial charge on any atom is 0.116 e. The highest BCUT2D eigenvalue weighted by atomic mass is 16.3. The third kappa shape index (κ3) is 2.14. The van der Waals surface area contributed by atoms with Crippen molar-refractivity contribution in [3.63, 3.8) is 0 Å². The van der Waals surface area contributed by atoms with Crippen molar-refractivity contribution in [3.05, 3.63) is 30.0 Å². The summed E-state index contributed by atoms with van der Waals surface area (Å²) in [4.78, 5) is 0. The van der Waals surface area contributed by atoms with Crippen LogP contribution in [0, 0.1) is 0 Å². The highest BCUT2D eigenvalue weighted by molar-refractivity contribution is 5.63. The monoisotopic (exact) mass is 232 g/mol. The molecule has 0 atom stereocenters. The lowest BCUT2D eigenvalue weighted by Crippen LogP contribution is -2.06. The van der Waals surface area contributed by atoms with Crippen LogP contribution < -0.4 is 5.73 Å². The van der Waals surface area contributed by atoms with Crippen molar-refractivity contribution in [2.75, 3.05) is 0 Å². The summed E-state index contributed by atoms with van der Waals surface area (Å²) in [6.07, 6.45) is 0. The van der Waals surface area contributed by atoms with Gasteiger partial charge < -0.3 is 10.8 Å². The van der Waals surface area contributed by atoms with Gasteiger partial charge in [0.05, 0.1) is 5.69 Å². The number of nitrogens with two attached hydrogens (primary N) is 1. The molecule has 5 nitrogen and oxygen atoms in total. The van der Waals surface area contributed by atoms with Crippen molar-refractivity contribution in [2.45, 2.75) is 26.4 Å². The van der Waals surface area contributed by atoms with Crippen LogP contribution in [0.3, 0.4) is 0 Å². The van der Waals surface area contributed by atoms with Crippen molar-refractivity contribution < 1.29 is 5.11 Å². The highest BCUT2D eigenvalue weighted by Gasteiger charge is 2.15. The average Bonchev–Trinajstić information content (AvgIpc) is 2.72. The summed E-state index contributed by atoms with van der Waals surface area (Å²) in [5, 5.41) is 17.7. The number of benzene rings is 1. The second-order valence-corrected chi connectivity index (χ2v) is 4.18. The van der Waals surface area contributed by atoms with Gasteiger partial charge in [0.25, 0.3) is 0 Å². The highest BCUT2D eigenvalue weighted by Crippen LogP contribution is 2.27. The van der Waals surface area contributed by atoms with E-state index in [1.54, 1.807) is 18.2 Å². The van der Waals surface area contributed by atoms with Crippen molar-refractivity contribution >= 4 is 0 Å². The fourth-order valence-corrected chi connectivity index (χ4v) is 1.78. The van der Waals surface area contributed by atoms with E-state index in [4.69, 9.17) is 5.73 Å². The van der Waals surface area contributed by atoms with Gasteiger partial charge in [-0.2, -0.15) is 0 Å². The van der Waals surface area contributed by atoms with Crippen LogP contribution >= 0.6 is 0 Å². The standard InChI is InChI=1S/C12H16N4O/c1-8(2)16-12(11(7-13)14-15-16)9-4-3-5-10(17)6-9/h3-6,8,17H,7,13H2,1-2H3. The van der Waals surface area contributed by atoms with Crippen LogP contribution in [0.15, 0.2) is 24.3 Å². The van der Waals surface area contributed by atoms with E-state index in [0.717, 1.165) is 17.0 Å². The number of rotatable bonds is 3. The van der Waals surface area contributed by atoms with Gasteiger partial charge in [-0.15, -0.1) is 5.10 Å². The summed E-state index contributed by atoms with van der Waals surface area (Å²) >= 11 is 0. The van der Waals surface area contributed by atoms with Gasteiger partial charge in [-0.05, 0) is 26.0 Å². The molecule has 0 fully saturated rings. The van der Waals surface area contributed by atoms with Gasteiger partial charge in [0.2, 0.25) is 0 Å². The molecule has 17 heavy (non-hydrogen) atoms. The fourth-order valence-electron chi connectivity index (χ4n) is 1.78. The summed E-state index contributed by atoms with van der Waals surface area (Å²) in [6, 6.07) is 7.23. The molecule has 0 amide bonds. The van der Waals surface area contributed by atoms with E-state index in [2.05, 4.69) is 10.3 Å². The molecule has 2 aromatic rings. The Bertz CT molecular complexity index is 519. The Balaban J connectivity index is 2.60. The lowest BCUT2D eigenvalue weighted by Gasteiger charge is -2.11. The molecule has 0 saturated carbocycles. The second-order valence-electron chi connectivity index (χ2n) is 4.18. The van der Waals surface area contributed by atoms with Crippen molar-refractivity contribution in [3.8, 4) is 17.0 Å². The van der Waals surface area contributed by atoms with E-state index in [1.807, 2.05) is 24.6 Å². The molecule has 0 radical (unpaired) electrons. The number of hydrogen-bond acceptors (Lipinski definition) is 4. The lowest BCUT2D eigenvalue weighted by molar-refractivity contribution is 0.475. The van der Waals surface area contributed by atoms with Gasteiger partial charge >= 0.3 is 0 Å². The molecule has 0 unspecified atom stereocenters. The maximum absolute atomic E-state index is 9.52. The summed E-state index contributed by atoms with van der Waals surface area (Å²) in [5.74, 6) is 0.224. The zero-order valence-corrected chi connectivity index (χ0v) is 9.96. The van der Waals surface area contributed by atoms with Crippen LogP contribution in [0.2, 0.25) is 0 Å². The molecular formula is C12H16N4O. The van der Waals surface area contributed by atoms with Crippen molar-refractivity contribution in [1.82, 2.24) is 15.0 Å². The van der Waals surface area contributed by atoms with Gasteiger partial charge in [-0.25, -0.2) is 4.68 Å². The SMILES string of the molecule is CC(C)n1nnc(CN)c1-c1cccc(O)c1. The number of phenols is 1. The molecule has 3 N–H and O–H groups in total. The molecule has 1 heterocycles. The quantitative estimate of drug-likeness (QED) is 0.844. The number of nitrogens with zero attached hydrogens (tertiary/aromatic N) is 3. The van der Waals surface area contributed by atoms with Gasteiger partial charge in [-0.1, -0.05) is 17.3 Å². The smallest absolute Gasteiger partial charge is 0.116 e. The Labute approximate surface area is 99.9 Å². The predicted octanol–water partition coefficient (Wildman–Crippen LogP) is 1.69. The largest absolute Gasteiger partial charge is 0.508 e. The van der Waals surface area contributed by atoms with E-state index in [1.165, 1.54) is 0 Å². The van der Waals surface area contributed by atoms with E-state index in [0.29, 0.717) is 6.54 Å². The molecular weight excluding hydrogens is 216 g/mol. The third-order valence-corrected chi connectivity index (χ3v) is 2.57. The van der Waals surface area contributed by atoms with Crippen molar-refractivity contribution in [2.24, 2.45) is 5.73 Å². The van der Waals surface area contributed by atoms with E-state index in [-0.39, 0.29) is 11.8 Å². The van der Waals surface area contributed by atoms with E-state index < -0.39 is 0 Å². The molecule has 5 heteroatoms. The van der Waals surface area contributed by atoms with Crippen LogP contribution in [0.4, 0.5) is 0 Å². The third-order valence-electron chi connectivity index (χ3n) is 2.57. The minimum Gasteiger partial charge on any atom is -0.508 e. The van der Waals surface area contributed by atoms with E-state index in [9.17, 15) is 5.11 Å². The molecule has 0 spiro atoms. The summed E-state index contributed by atoms with van der Waals surface area (Å²) < 4.78 is 1.82. The normalized spacial score (nSPS) is 11.1. The Hall–Kier alpha value is -1.88. The first-order valence-electron chi connectivity index (χ1n) is 5.57. The molecule has 1 aromatic carbocycles. The Kier molecular flexibility index (Phi) is 3.10. The molecule has 0 aliphatic rings. The number of aromatic hydroxyl groups is 1. The Morgan fingerprint density at radius 1 is 1.41 bits per heavy atom. The predicted molar refractivity (Wildman–Crippen MR) is 65.4 cm³/mol. The second kappa shape index (κ2) is 4.55. The fraction of sp³-hybridized carbons (Fsp3) is 0.333. The van der Waals surface area contributed by atoms with Gasteiger partial charge in [-0.3, -0.25) is 0 Å². The Morgan fingerprint density at radius 2 is 2.18 bits per heavy atom. The summed E-state index contributed by atoms with van der Waals surface area (Å²) in [6.45, 7) is 4.39. The molecule has 90 valence electrons. The van der Waals surface area contributed by atoms with Crippen LogP contribution in [-0.4, -0.2) is 20.1 Å². The minimum atomic E-state index is 0.195. The molecule has 0 bridgehead atoms. The zero-order valence-electron chi connectivity index (χ0n) is 9.96. The average molecular weight is 232 g/mol. The van der Waals surface area contributed by atoms with Gasteiger partial charge in [0, 0.05) is 18.2 Å². The van der Waals surface area contributed by atoms with Crippen molar-refractivity contribution in [1.29, 1.82) is 0 Å². The molecule has 0 aliphatic carbocycles. The summed E-state index contributed by atoms with van der Waals surface area (Å²) in [5.41, 5.74) is 8.15. The van der Waals surface area contributed by atoms with E-state index >= 15 is 0 Å². The minimum absolute atomic E-state index is 0.195.